The van der Waals surface area contributed by atoms with E-state index in [1.807, 2.05) is 19.9 Å². The molecule has 0 bridgehead atoms. The molecule has 0 saturated heterocycles. The van der Waals surface area contributed by atoms with Gasteiger partial charge in [0, 0.05) is 13.2 Å². The molecule has 1 heterocycles. The summed E-state index contributed by atoms with van der Waals surface area (Å²) >= 11 is 0. The standard InChI is InChI=1S/C15H17FN2O/c1-5-13-11(8-18(4)17-13)15(19)14-10(3)6-9(2)7-12(14)16/h6-8H,5H2,1-4H3. The van der Waals surface area contributed by atoms with E-state index in [-0.39, 0.29) is 11.3 Å². The molecule has 0 N–H and O–H groups in total. The molecule has 0 radical (unpaired) electrons. The van der Waals surface area contributed by atoms with Crippen molar-refractivity contribution in [1.82, 2.24) is 9.78 Å². The summed E-state index contributed by atoms with van der Waals surface area (Å²) in [5.74, 6) is -0.756. The molecule has 0 aliphatic heterocycles. The summed E-state index contributed by atoms with van der Waals surface area (Å²) in [4.78, 5) is 12.5. The zero-order chi connectivity index (χ0) is 14.2. The van der Waals surface area contributed by atoms with E-state index in [1.165, 1.54) is 6.07 Å². The van der Waals surface area contributed by atoms with Crippen LogP contribution in [0.3, 0.4) is 0 Å². The number of carbonyl (C=O) groups excluding carboxylic acids is 1. The number of ketones is 1. The van der Waals surface area contributed by atoms with Crippen LogP contribution in [0.25, 0.3) is 0 Å². The molecule has 0 aliphatic carbocycles. The van der Waals surface area contributed by atoms with Crippen LogP contribution in [0.2, 0.25) is 0 Å². The van der Waals surface area contributed by atoms with Crippen molar-refractivity contribution in [2.75, 3.05) is 0 Å². The Hall–Kier alpha value is -1.97. The third kappa shape index (κ3) is 2.43. The second-order valence-electron chi connectivity index (χ2n) is 4.78. The Bertz CT molecular complexity index is 621. The lowest BCUT2D eigenvalue weighted by Crippen LogP contribution is -2.08. The number of nitrogens with zero attached hydrogens (tertiary/aromatic N) is 2. The molecule has 0 unspecified atom stereocenters. The minimum atomic E-state index is -0.464. The fraction of sp³-hybridized carbons (Fsp3) is 0.333. The van der Waals surface area contributed by atoms with Crippen LogP contribution in [0, 0.1) is 19.7 Å². The smallest absolute Gasteiger partial charge is 0.199 e. The van der Waals surface area contributed by atoms with Crippen molar-refractivity contribution in [3.63, 3.8) is 0 Å². The lowest BCUT2D eigenvalue weighted by Gasteiger charge is -2.07. The fourth-order valence-electron chi connectivity index (χ4n) is 2.32. The second kappa shape index (κ2) is 4.96. The van der Waals surface area contributed by atoms with E-state index in [2.05, 4.69) is 5.10 Å². The molecule has 4 heteroatoms. The Morgan fingerprint density at radius 2 is 2.05 bits per heavy atom. The second-order valence-corrected chi connectivity index (χ2v) is 4.78. The Morgan fingerprint density at radius 1 is 1.37 bits per heavy atom. The minimum absolute atomic E-state index is 0.147. The van der Waals surface area contributed by atoms with E-state index in [9.17, 15) is 9.18 Å². The van der Waals surface area contributed by atoms with Crippen LogP contribution in [0.15, 0.2) is 18.3 Å². The van der Waals surface area contributed by atoms with Crippen molar-refractivity contribution in [3.8, 4) is 0 Å². The van der Waals surface area contributed by atoms with Crippen LogP contribution in [-0.4, -0.2) is 15.6 Å². The molecule has 2 rings (SSSR count). The van der Waals surface area contributed by atoms with Gasteiger partial charge in [0.1, 0.15) is 5.82 Å². The van der Waals surface area contributed by atoms with Gasteiger partial charge >= 0.3 is 0 Å². The summed E-state index contributed by atoms with van der Waals surface area (Å²) in [5, 5.41) is 4.23. The Morgan fingerprint density at radius 3 is 2.63 bits per heavy atom. The topological polar surface area (TPSA) is 34.9 Å². The fourth-order valence-corrected chi connectivity index (χ4v) is 2.32. The van der Waals surface area contributed by atoms with Crippen molar-refractivity contribution in [3.05, 3.63) is 52.1 Å². The summed E-state index contributed by atoms with van der Waals surface area (Å²) in [6.45, 7) is 5.49. The van der Waals surface area contributed by atoms with Crippen molar-refractivity contribution in [1.29, 1.82) is 0 Å². The van der Waals surface area contributed by atoms with Crippen LogP contribution >= 0.6 is 0 Å². The monoisotopic (exact) mass is 260 g/mol. The Labute approximate surface area is 112 Å². The van der Waals surface area contributed by atoms with Crippen molar-refractivity contribution in [2.45, 2.75) is 27.2 Å². The van der Waals surface area contributed by atoms with Gasteiger partial charge in [-0.2, -0.15) is 5.10 Å². The van der Waals surface area contributed by atoms with Gasteiger partial charge in [0.25, 0.3) is 0 Å². The van der Waals surface area contributed by atoms with Gasteiger partial charge in [-0.25, -0.2) is 4.39 Å². The van der Waals surface area contributed by atoms with E-state index in [1.54, 1.807) is 24.9 Å². The maximum Gasteiger partial charge on any atom is 0.199 e. The van der Waals surface area contributed by atoms with Crippen LogP contribution in [0.1, 0.15) is 39.7 Å². The molecule has 100 valence electrons. The Kier molecular flexibility index (Phi) is 3.51. The number of hydrogen-bond donors (Lipinski definition) is 0. The molecule has 1 aromatic carbocycles. The van der Waals surface area contributed by atoms with E-state index in [0.717, 1.165) is 5.56 Å². The number of aryl methyl sites for hydroxylation is 4. The van der Waals surface area contributed by atoms with E-state index in [4.69, 9.17) is 0 Å². The third-order valence-corrected chi connectivity index (χ3v) is 3.14. The van der Waals surface area contributed by atoms with Crippen LogP contribution < -0.4 is 0 Å². The largest absolute Gasteiger partial charge is 0.288 e. The van der Waals surface area contributed by atoms with Crippen LogP contribution in [-0.2, 0) is 13.5 Å². The maximum atomic E-state index is 14.0. The predicted octanol–water partition coefficient (Wildman–Crippen LogP) is 2.97. The molecule has 0 aliphatic rings. The highest BCUT2D eigenvalue weighted by atomic mass is 19.1. The van der Waals surface area contributed by atoms with Crippen LogP contribution in [0.4, 0.5) is 4.39 Å². The first-order valence-corrected chi connectivity index (χ1v) is 6.28. The van der Waals surface area contributed by atoms with Crippen LogP contribution in [0.5, 0.6) is 0 Å². The first-order valence-electron chi connectivity index (χ1n) is 6.28. The molecule has 19 heavy (non-hydrogen) atoms. The number of halogens is 1. The molecule has 2 aromatic rings. The average Bonchev–Trinajstić information content (AvgIpc) is 2.69. The lowest BCUT2D eigenvalue weighted by molar-refractivity contribution is 0.103. The summed E-state index contributed by atoms with van der Waals surface area (Å²) in [5.41, 5.74) is 2.80. The molecular formula is C15H17FN2O. The number of benzene rings is 1. The molecule has 0 atom stereocenters. The number of hydrogen-bond acceptors (Lipinski definition) is 2. The zero-order valence-electron chi connectivity index (χ0n) is 11.6. The molecule has 1 aromatic heterocycles. The van der Waals surface area contributed by atoms with Gasteiger partial charge in [0.2, 0.25) is 0 Å². The number of aromatic nitrogens is 2. The molecule has 0 amide bonds. The molecule has 3 nitrogen and oxygen atoms in total. The molecular weight excluding hydrogens is 243 g/mol. The first-order chi connectivity index (χ1) is 8.93. The predicted molar refractivity (Wildman–Crippen MR) is 71.9 cm³/mol. The first kappa shape index (κ1) is 13.5. The van der Waals surface area contributed by atoms with Gasteiger partial charge in [-0.15, -0.1) is 0 Å². The van der Waals surface area contributed by atoms with Gasteiger partial charge in [-0.3, -0.25) is 9.48 Å². The van der Waals surface area contributed by atoms with E-state index < -0.39 is 5.82 Å². The van der Waals surface area contributed by atoms with Gasteiger partial charge in [-0.1, -0.05) is 13.0 Å². The van der Waals surface area contributed by atoms with Crippen molar-refractivity contribution < 1.29 is 9.18 Å². The van der Waals surface area contributed by atoms with Gasteiger partial charge < -0.3 is 0 Å². The number of carbonyl (C=O) groups is 1. The number of rotatable bonds is 3. The zero-order valence-corrected chi connectivity index (χ0v) is 11.6. The summed E-state index contributed by atoms with van der Waals surface area (Å²) < 4.78 is 15.6. The summed E-state index contributed by atoms with van der Waals surface area (Å²) in [6, 6.07) is 3.21. The molecule has 0 spiro atoms. The quantitative estimate of drug-likeness (QED) is 0.795. The third-order valence-electron chi connectivity index (χ3n) is 3.14. The Balaban J connectivity index is 2.56. The summed E-state index contributed by atoms with van der Waals surface area (Å²) in [7, 11) is 1.76. The van der Waals surface area contributed by atoms with Gasteiger partial charge in [0.15, 0.2) is 5.78 Å². The molecule has 0 saturated carbocycles. The SMILES string of the molecule is CCc1nn(C)cc1C(=O)c1c(C)cc(C)cc1F. The van der Waals surface area contributed by atoms with Crippen molar-refractivity contribution in [2.24, 2.45) is 7.05 Å². The summed E-state index contributed by atoms with van der Waals surface area (Å²) in [6.07, 6.45) is 2.30. The lowest BCUT2D eigenvalue weighted by atomic mass is 9.96. The van der Waals surface area contributed by atoms with E-state index in [0.29, 0.717) is 23.2 Å². The highest BCUT2D eigenvalue weighted by Crippen LogP contribution is 2.21. The maximum absolute atomic E-state index is 14.0. The average molecular weight is 260 g/mol. The highest BCUT2D eigenvalue weighted by Gasteiger charge is 2.21. The highest BCUT2D eigenvalue weighted by molar-refractivity contribution is 6.10. The molecule has 0 fully saturated rings. The van der Waals surface area contributed by atoms with Gasteiger partial charge in [0.05, 0.1) is 16.8 Å². The van der Waals surface area contributed by atoms with Gasteiger partial charge in [-0.05, 0) is 37.5 Å². The van der Waals surface area contributed by atoms with Crippen molar-refractivity contribution >= 4 is 5.78 Å². The minimum Gasteiger partial charge on any atom is -0.288 e. The normalized spacial score (nSPS) is 10.8. The van der Waals surface area contributed by atoms with E-state index >= 15 is 0 Å².